The lowest BCUT2D eigenvalue weighted by atomic mass is 9.72. The lowest BCUT2D eigenvalue weighted by Crippen LogP contribution is -2.56. The molecule has 1 fully saturated rings. The van der Waals surface area contributed by atoms with Crippen molar-refractivity contribution in [2.45, 2.75) is 50.6 Å². The van der Waals surface area contributed by atoms with Gasteiger partial charge >= 0.3 is 0 Å². The number of nitrogens with one attached hydrogen (secondary N) is 2. The van der Waals surface area contributed by atoms with Gasteiger partial charge in [-0.15, -0.1) is 0 Å². The van der Waals surface area contributed by atoms with E-state index in [-0.39, 0.29) is 17.9 Å². The molecule has 4 N–H and O–H groups in total. The smallest absolute Gasteiger partial charge is 0.249 e. The lowest BCUT2D eigenvalue weighted by Gasteiger charge is -2.40. The number of nitrogens with two attached hydrogens (primary N) is 1. The van der Waals surface area contributed by atoms with Crippen molar-refractivity contribution in [3.63, 3.8) is 0 Å². The molecule has 2 unspecified atom stereocenters. The molecule has 3 rings (SSSR count). The summed E-state index contributed by atoms with van der Waals surface area (Å²) in [7, 11) is -2.68. The zero-order valence-electron chi connectivity index (χ0n) is 24.0. The molecular weight excluding hydrogens is 546 g/mol. The van der Waals surface area contributed by atoms with Gasteiger partial charge in [0.05, 0.1) is 18.9 Å². The summed E-state index contributed by atoms with van der Waals surface area (Å²) in [5.41, 5.74) is 5.59. The Balaban J connectivity index is 2.29. The van der Waals surface area contributed by atoms with Gasteiger partial charge in [0.1, 0.15) is 10.5 Å². The third kappa shape index (κ3) is 7.94. The minimum absolute atomic E-state index is 0.0820. The maximum Gasteiger partial charge on any atom is 0.249 e. The van der Waals surface area contributed by atoms with Gasteiger partial charge in [0.2, 0.25) is 11.8 Å². The van der Waals surface area contributed by atoms with Gasteiger partial charge < -0.3 is 9.47 Å². The van der Waals surface area contributed by atoms with E-state index in [1.807, 2.05) is 44.2 Å². The molecule has 0 aromatic heterocycles. The molecule has 0 aliphatic carbocycles. The van der Waals surface area contributed by atoms with Crippen LogP contribution >= 0.6 is 0 Å². The maximum atomic E-state index is 14.2. The van der Waals surface area contributed by atoms with Gasteiger partial charge in [0.25, 0.3) is 0 Å². The molecule has 1 saturated heterocycles. The maximum absolute atomic E-state index is 14.2. The number of benzene rings is 2. The Labute approximate surface area is 242 Å². The minimum Gasteiger partial charge on any atom is -0.497 e. The van der Waals surface area contributed by atoms with Crippen molar-refractivity contribution in [3.8, 4) is 5.75 Å². The molecule has 1 heterocycles. The second-order valence-electron chi connectivity index (χ2n) is 10.6. The number of hydrogen-bond acceptors (Lipinski definition) is 8. The molecule has 0 bridgehead atoms. The first kappa shape index (κ1) is 32.3. The van der Waals surface area contributed by atoms with Gasteiger partial charge in [0.15, 0.2) is 16.1 Å². The van der Waals surface area contributed by atoms with E-state index in [2.05, 4.69) is 10.9 Å². The van der Waals surface area contributed by atoms with Crippen LogP contribution in [0.4, 0.5) is 0 Å². The largest absolute Gasteiger partial charge is 0.497 e. The van der Waals surface area contributed by atoms with Crippen LogP contribution in [0.3, 0.4) is 0 Å². The summed E-state index contributed by atoms with van der Waals surface area (Å²) in [6, 6.07) is 15.5. The van der Waals surface area contributed by atoms with Crippen LogP contribution in [0, 0.1) is 17.8 Å². The van der Waals surface area contributed by atoms with Crippen molar-refractivity contribution in [2.75, 3.05) is 20.0 Å². The Morgan fingerprint density at radius 2 is 1.78 bits per heavy atom. The van der Waals surface area contributed by atoms with Crippen LogP contribution < -0.4 is 21.5 Å². The van der Waals surface area contributed by atoms with Crippen molar-refractivity contribution in [1.29, 1.82) is 0 Å². The van der Waals surface area contributed by atoms with Crippen LogP contribution in [-0.4, -0.2) is 46.5 Å². The van der Waals surface area contributed by atoms with E-state index in [0.717, 1.165) is 19.1 Å². The Morgan fingerprint density at radius 1 is 1.10 bits per heavy atom. The summed E-state index contributed by atoms with van der Waals surface area (Å²) < 4.78 is 37.1. The monoisotopic (exact) mass is 587 g/mol. The van der Waals surface area contributed by atoms with Crippen LogP contribution in [0.5, 0.6) is 5.75 Å². The zero-order chi connectivity index (χ0) is 30.0. The summed E-state index contributed by atoms with van der Waals surface area (Å²) in [6.45, 7) is 4.25. The zero-order valence-corrected chi connectivity index (χ0v) is 24.9. The van der Waals surface area contributed by atoms with Crippen LogP contribution in [0.25, 0.3) is 6.08 Å². The fraction of sp³-hybridized carbons (Fsp3) is 0.467. The normalized spacial score (nSPS) is 18.8. The molecule has 10 nitrogen and oxygen atoms in total. The average molecular weight is 588 g/mol. The Morgan fingerprint density at radius 3 is 2.32 bits per heavy atom. The number of carbonyl (C=O) groups excluding carboxylic acids is 2. The van der Waals surface area contributed by atoms with E-state index in [1.165, 1.54) is 13.2 Å². The number of carbonyl (C=O) groups is 2. The fourth-order valence-electron chi connectivity index (χ4n) is 5.26. The molecule has 1 aliphatic rings. The molecule has 0 saturated carbocycles. The van der Waals surface area contributed by atoms with Crippen molar-refractivity contribution in [3.05, 3.63) is 71.8 Å². The van der Waals surface area contributed by atoms with Gasteiger partial charge in [-0.1, -0.05) is 68.5 Å². The second-order valence-corrected chi connectivity index (χ2v) is 12.9. The second kappa shape index (κ2) is 14.6. The van der Waals surface area contributed by atoms with E-state index >= 15 is 0 Å². The molecule has 41 heavy (non-hydrogen) atoms. The highest BCUT2D eigenvalue weighted by Gasteiger charge is 2.55. The van der Waals surface area contributed by atoms with Crippen molar-refractivity contribution >= 4 is 27.7 Å². The summed E-state index contributed by atoms with van der Waals surface area (Å²) in [4.78, 5) is 33.2. The molecule has 2 aromatic rings. The quantitative estimate of drug-likeness (QED) is 0.183. The minimum atomic E-state index is -4.18. The summed E-state index contributed by atoms with van der Waals surface area (Å²) in [5, 5.41) is 0. The highest BCUT2D eigenvalue weighted by atomic mass is 32.2. The van der Waals surface area contributed by atoms with E-state index in [9.17, 15) is 18.0 Å². The number of ether oxygens (including phenoxy) is 2. The first-order chi connectivity index (χ1) is 19.5. The molecular formula is C30H41N3O7S. The summed E-state index contributed by atoms with van der Waals surface area (Å²) in [5.74, 6) is 1.94. The highest BCUT2D eigenvalue weighted by Crippen LogP contribution is 2.46. The van der Waals surface area contributed by atoms with Crippen molar-refractivity contribution in [2.24, 2.45) is 23.6 Å². The van der Waals surface area contributed by atoms with Gasteiger partial charge in [-0.2, -0.15) is 0 Å². The fourth-order valence-corrected chi connectivity index (χ4v) is 6.87. The van der Waals surface area contributed by atoms with Crippen LogP contribution in [-0.2, 0) is 33.7 Å². The predicted octanol–water partition coefficient (Wildman–Crippen LogP) is 3.49. The number of hydrazine groups is 1. The van der Waals surface area contributed by atoms with Gasteiger partial charge in [-0.3, -0.25) is 15.0 Å². The topological polar surface area (TPSA) is 146 Å². The number of amides is 2. The molecule has 11 heteroatoms. The first-order valence-electron chi connectivity index (χ1n) is 13.7. The predicted molar refractivity (Wildman–Crippen MR) is 157 cm³/mol. The van der Waals surface area contributed by atoms with Crippen LogP contribution in [0.2, 0.25) is 0 Å². The number of methoxy groups -OCH3 is 1. The SMILES string of the molecule is COc1ccc(C(/C=C/c2ccccc2)([C@H](C(=O)NOC2CCCCO2)[C@@H](CC(C)C)C(=O)NN)S(C)(=O)=O)cc1. The summed E-state index contributed by atoms with van der Waals surface area (Å²) in [6.07, 6.45) is 5.97. The van der Waals surface area contributed by atoms with E-state index < -0.39 is 44.5 Å². The van der Waals surface area contributed by atoms with E-state index in [1.54, 1.807) is 30.3 Å². The number of sulfone groups is 1. The number of hydroxylamine groups is 1. The number of hydrogen-bond donors (Lipinski definition) is 3. The molecule has 224 valence electrons. The molecule has 4 atom stereocenters. The molecule has 0 radical (unpaired) electrons. The van der Waals surface area contributed by atoms with Gasteiger partial charge in [-0.25, -0.2) is 24.6 Å². The first-order valence-corrected chi connectivity index (χ1v) is 15.6. The summed E-state index contributed by atoms with van der Waals surface area (Å²) >= 11 is 0. The van der Waals surface area contributed by atoms with Gasteiger partial charge in [0, 0.05) is 19.3 Å². The van der Waals surface area contributed by atoms with Gasteiger partial charge in [-0.05, 0) is 48.4 Å². The van der Waals surface area contributed by atoms with Crippen molar-refractivity contribution < 1.29 is 32.3 Å². The van der Waals surface area contributed by atoms with Crippen LogP contribution in [0.15, 0.2) is 60.7 Å². The Hall–Kier alpha value is -3.25. The standard InChI is InChI=1S/C30H41N3O7S/c1-21(2)20-25(28(34)32-31)27(29(35)33-40-26-12-8-9-19-39-26)30(41(4,36)37,18-17-22-10-6-5-7-11-22)23-13-15-24(38-3)16-14-23/h5-7,10-11,13-18,21,25-27H,8-9,12,19-20,31H2,1-4H3,(H,32,34)(H,33,35)/b18-17+/t25-,26?,27+,30?/m1/s1. The molecule has 2 aromatic carbocycles. The third-order valence-corrected chi connectivity index (χ3v) is 9.11. The molecule has 2 amide bonds. The lowest BCUT2D eigenvalue weighted by molar-refractivity contribution is -0.203. The number of rotatable bonds is 13. The Bertz CT molecular complexity index is 1280. The Kier molecular flexibility index (Phi) is 11.5. The van der Waals surface area contributed by atoms with Crippen molar-refractivity contribution in [1.82, 2.24) is 10.9 Å². The molecule has 0 spiro atoms. The average Bonchev–Trinajstić information content (AvgIpc) is 2.97. The van der Waals surface area contributed by atoms with E-state index in [0.29, 0.717) is 24.3 Å². The van der Waals surface area contributed by atoms with E-state index in [4.69, 9.17) is 20.2 Å². The van der Waals surface area contributed by atoms with Crippen LogP contribution in [0.1, 0.15) is 50.7 Å². The molecule has 1 aliphatic heterocycles. The third-order valence-electron chi connectivity index (χ3n) is 7.26. The highest BCUT2D eigenvalue weighted by molar-refractivity contribution is 7.91.